The summed E-state index contributed by atoms with van der Waals surface area (Å²) in [6, 6.07) is 12.1. The highest BCUT2D eigenvalue weighted by Gasteiger charge is 2.39. The van der Waals surface area contributed by atoms with Crippen molar-refractivity contribution in [2.24, 2.45) is 0 Å². The molecule has 0 aliphatic carbocycles. The molecule has 1 N–H and O–H groups in total. The number of ether oxygens (including phenoxy) is 1. The van der Waals surface area contributed by atoms with Crippen molar-refractivity contribution in [1.82, 2.24) is 14.9 Å². The predicted molar refractivity (Wildman–Crippen MR) is 129 cm³/mol. The van der Waals surface area contributed by atoms with Crippen molar-refractivity contribution in [2.75, 3.05) is 43.0 Å². The number of carbonyl (C=O) groups is 1. The maximum absolute atomic E-state index is 12.1. The molecule has 11 heteroatoms. The summed E-state index contributed by atoms with van der Waals surface area (Å²) in [6.07, 6.45) is 3.34. The number of piperidine rings is 2. The molecule has 2 aromatic rings. The van der Waals surface area contributed by atoms with Crippen LogP contribution >= 0.6 is 0 Å². The van der Waals surface area contributed by atoms with Crippen LogP contribution in [0.1, 0.15) is 38.2 Å². The minimum Gasteiger partial charge on any atom is -0.450 e. The van der Waals surface area contributed by atoms with Crippen molar-refractivity contribution < 1.29 is 14.5 Å². The van der Waals surface area contributed by atoms with Gasteiger partial charge < -0.3 is 19.9 Å². The highest BCUT2D eigenvalue weighted by atomic mass is 16.6. The van der Waals surface area contributed by atoms with Gasteiger partial charge in [0.25, 0.3) is 0 Å². The Morgan fingerprint density at radius 1 is 1.23 bits per heavy atom. The SMILES string of the molecule is CCOC(=O)N1CCC(Nc2ncnc(N3CCC(C#N)(c4ccccc4)CC3)c2[N+](=O)[O-])CC1. The third-order valence-electron chi connectivity index (χ3n) is 6.80. The molecule has 0 spiro atoms. The summed E-state index contributed by atoms with van der Waals surface area (Å²) in [5, 5.41) is 25.2. The maximum Gasteiger partial charge on any atom is 0.409 e. The molecule has 0 atom stereocenters. The molecule has 35 heavy (non-hydrogen) atoms. The zero-order chi connectivity index (χ0) is 24.8. The molecule has 0 unspecified atom stereocenters. The van der Waals surface area contributed by atoms with Gasteiger partial charge in [0.15, 0.2) is 0 Å². The summed E-state index contributed by atoms with van der Waals surface area (Å²) in [6.45, 7) is 4.04. The van der Waals surface area contributed by atoms with E-state index in [1.165, 1.54) is 6.33 Å². The Balaban J connectivity index is 1.47. The molecule has 184 valence electrons. The van der Waals surface area contributed by atoms with E-state index in [9.17, 15) is 20.2 Å². The van der Waals surface area contributed by atoms with Gasteiger partial charge >= 0.3 is 11.8 Å². The molecular weight excluding hydrogens is 450 g/mol. The van der Waals surface area contributed by atoms with Crippen LogP contribution in [0.4, 0.5) is 22.1 Å². The van der Waals surface area contributed by atoms with E-state index in [1.54, 1.807) is 11.8 Å². The molecule has 0 bridgehead atoms. The van der Waals surface area contributed by atoms with Crippen LogP contribution in [-0.2, 0) is 10.2 Å². The fourth-order valence-corrected chi connectivity index (χ4v) is 4.81. The van der Waals surface area contributed by atoms with Crippen LogP contribution in [0.5, 0.6) is 0 Å². The number of rotatable bonds is 6. The van der Waals surface area contributed by atoms with E-state index in [0.717, 1.165) is 5.56 Å². The third kappa shape index (κ3) is 5.11. The standard InChI is InChI=1S/C24H29N7O4/c1-2-35-23(32)30-12-8-19(9-13-30)28-21-20(31(33)34)22(27-17-26-21)29-14-10-24(16-25,11-15-29)18-6-4-3-5-7-18/h3-7,17,19H,2,8-15H2,1H3,(H,26,27,28). The molecule has 2 saturated heterocycles. The smallest absolute Gasteiger partial charge is 0.409 e. The van der Waals surface area contributed by atoms with Crippen LogP contribution in [0.3, 0.4) is 0 Å². The van der Waals surface area contributed by atoms with Gasteiger partial charge in [0, 0.05) is 32.2 Å². The Morgan fingerprint density at radius 3 is 2.51 bits per heavy atom. The quantitative estimate of drug-likeness (QED) is 0.487. The number of benzene rings is 1. The van der Waals surface area contributed by atoms with Gasteiger partial charge in [0.1, 0.15) is 6.33 Å². The predicted octanol–water partition coefficient (Wildman–Crippen LogP) is 3.48. The van der Waals surface area contributed by atoms with Crippen molar-refractivity contribution in [3.8, 4) is 6.07 Å². The number of nitro groups is 1. The first kappa shape index (κ1) is 24.2. The lowest BCUT2D eigenvalue weighted by molar-refractivity contribution is -0.383. The highest BCUT2D eigenvalue weighted by molar-refractivity contribution is 5.71. The number of nitrogens with zero attached hydrogens (tertiary/aromatic N) is 6. The zero-order valence-corrected chi connectivity index (χ0v) is 19.7. The van der Waals surface area contributed by atoms with Gasteiger partial charge in [-0.15, -0.1) is 0 Å². The van der Waals surface area contributed by atoms with E-state index < -0.39 is 10.3 Å². The molecule has 1 aromatic heterocycles. The van der Waals surface area contributed by atoms with Crippen LogP contribution in [0.2, 0.25) is 0 Å². The fourth-order valence-electron chi connectivity index (χ4n) is 4.81. The summed E-state index contributed by atoms with van der Waals surface area (Å²) in [5.74, 6) is 0.436. The number of amides is 1. The number of hydrogen-bond donors (Lipinski definition) is 1. The summed E-state index contributed by atoms with van der Waals surface area (Å²) in [5.41, 5.74) is 0.188. The number of likely N-dealkylation sites (tertiary alicyclic amines) is 1. The second-order valence-corrected chi connectivity index (χ2v) is 8.80. The molecule has 4 rings (SSSR count). The van der Waals surface area contributed by atoms with Gasteiger partial charge in [-0.2, -0.15) is 5.26 Å². The van der Waals surface area contributed by atoms with Crippen LogP contribution in [0.25, 0.3) is 0 Å². The van der Waals surface area contributed by atoms with Gasteiger partial charge in [0.2, 0.25) is 11.6 Å². The van der Waals surface area contributed by atoms with Crippen molar-refractivity contribution >= 4 is 23.4 Å². The second kappa shape index (κ2) is 10.5. The summed E-state index contributed by atoms with van der Waals surface area (Å²) >= 11 is 0. The van der Waals surface area contributed by atoms with E-state index in [2.05, 4.69) is 21.4 Å². The Morgan fingerprint density at radius 2 is 1.91 bits per heavy atom. The Kier molecular flexibility index (Phi) is 7.29. The second-order valence-electron chi connectivity index (χ2n) is 8.80. The van der Waals surface area contributed by atoms with Gasteiger partial charge in [-0.05, 0) is 38.2 Å². The molecule has 3 heterocycles. The highest BCUT2D eigenvalue weighted by Crippen LogP contribution is 2.39. The Bertz CT molecular complexity index is 1090. The van der Waals surface area contributed by atoms with Gasteiger partial charge in [0.05, 0.1) is 23.0 Å². The molecule has 2 fully saturated rings. The summed E-state index contributed by atoms with van der Waals surface area (Å²) in [7, 11) is 0. The Hall–Kier alpha value is -3.94. The first-order valence-electron chi connectivity index (χ1n) is 11.9. The average Bonchev–Trinajstić information content (AvgIpc) is 2.89. The normalized spacial score (nSPS) is 17.9. The largest absolute Gasteiger partial charge is 0.450 e. The fraction of sp³-hybridized carbons (Fsp3) is 0.500. The van der Waals surface area contributed by atoms with Crippen molar-refractivity contribution in [2.45, 2.75) is 44.1 Å². The van der Waals surface area contributed by atoms with E-state index in [-0.39, 0.29) is 29.5 Å². The number of anilines is 2. The van der Waals surface area contributed by atoms with Gasteiger partial charge in [-0.1, -0.05) is 30.3 Å². The van der Waals surface area contributed by atoms with E-state index >= 15 is 0 Å². The lowest BCUT2D eigenvalue weighted by Gasteiger charge is -2.38. The minimum absolute atomic E-state index is 0.0622. The van der Waals surface area contributed by atoms with Crippen molar-refractivity contribution in [3.63, 3.8) is 0 Å². The molecule has 2 aliphatic rings. The molecule has 11 nitrogen and oxygen atoms in total. The number of nitriles is 1. The number of nitrogens with one attached hydrogen (secondary N) is 1. The van der Waals surface area contributed by atoms with Gasteiger partial charge in [-0.25, -0.2) is 14.8 Å². The molecular formula is C24H29N7O4. The van der Waals surface area contributed by atoms with Crippen molar-refractivity contribution in [1.29, 1.82) is 5.26 Å². The molecule has 0 radical (unpaired) electrons. The lowest BCUT2D eigenvalue weighted by atomic mass is 9.74. The molecule has 1 amide bonds. The van der Waals surface area contributed by atoms with E-state index in [1.807, 2.05) is 35.2 Å². The molecule has 0 saturated carbocycles. The number of hydrogen-bond acceptors (Lipinski definition) is 9. The van der Waals surface area contributed by atoms with Crippen LogP contribution in [-0.4, -0.2) is 64.7 Å². The first-order chi connectivity index (χ1) is 17.0. The first-order valence-corrected chi connectivity index (χ1v) is 11.9. The maximum atomic E-state index is 12.1. The van der Waals surface area contributed by atoms with Crippen LogP contribution in [0.15, 0.2) is 36.7 Å². The average molecular weight is 480 g/mol. The number of aromatic nitrogens is 2. The molecule has 2 aliphatic heterocycles. The monoisotopic (exact) mass is 479 g/mol. The lowest BCUT2D eigenvalue weighted by Crippen LogP contribution is -2.43. The van der Waals surface area contributed by atoms with E-state index in [0.29, 0.717) is 58.5 Å². The minimum atomic E-state index is -0.618. The van der Waals surface area contributed by atoms with Gasteiger partial charge in [-0.3, -0.25) is 10.1 Å². The van der Waals surface area contributed by atoms with Crippen LogP contribution in [0, 0.1) is 21.4 Å². The Labute approximate surface area is 203 Å². The third-order valence-corrected chi connectivity index (χ3v) is 6.80. The zero-order valence-electron chi connectivity index (χ0n) is 19.7. The van der Waals surface area contributed by atoms with Crippen molar-refractivity contribution in [3.05, 3.63) is 52.3 Å². The van der Waals surface area contributed by atoms with E-state index in [4.69, 9.17) is 4.74 Å². The summed E-state index contributed by atoms with van der Waals surface area (Å²) < 4.78 is 5.05. The van der Waals surface area contributed by atoms with Crippen LogP contribution < -0.4 is 10.2 Å². The molecule has 1 aromatic carbocycles. The number of carbonyl (C=O) groups excluding carboxylic acids is 1. The summed E-state index contributed by atoms with van der Waals surface area (Å²) in [4.78, 5) is 35.5. The topological polar surface area (TPSA) is 138 Å².